The molecule has 0 aliphatic heterocycles. The van der Waals surface area contributed by atoms with Crippen LogP contribution in [-0.4, -0.2) is 17.3 Å². The molecule has 104 valence electrons. The number of aliphatic carboxylic acids is 1. The summed E-state index contributed by atoms with van der Waals surface area (Å²) in [5.41, 5.74) is 1.84. The van der Waals surface area contributed by atoms with Crippen molar-refractivity contribution in [1.29, 1.82) is 0 Å². The quantitative estimate of drug-likeness (QED) is 0.800. The van der Waals surface area contributed by atoms with E-state index in [0.717, 1.165) is 16.0 Å². The van der Waals surface area contributed by atoms with E-state index in [1.807, 2.05) is 60.9 Å². The first-order chi connectivity index (χ1) is 9.70. The highest BCUT2D eigenvalue weighted by Crippen LogP contribution is 2.19. The van der Waals surface area contributed by atoms with Gasteiger partial charge in [0.15, 0.2) is 0 Å². The molecule has 0 spiro atoms. The van der Waals surface area contributed by atoms with Gasteiger partial charge in [0.2, 0.25) is 0 Å². The molecule has 0 aliphatic carbocycles. The van der Waals surface area contributed by atoms with E-state index in [9.17, 15) is 9.90 Å². The first kappa shape index (κ1) is 14.6. The number of rotatable bonds is 6. The number of benzene rings is 2. The average Bonchev–Trinajstić information content (AvgIpc) is 2.49. The molecule has 0 saturated heterocycles. The zero-order chi connectivity index (χ0) is 14.4. The Labute approximate surface area is 123 Å². The molecule has 0 saturated carbocycles. The van der Waals surface area contributed by atoms with Crippen molar-refractivity contribution in [3.05, 3.63) is 65.7 Å². The highest BCUT2D eigenvalue weighted by Gasteiger charge is 2.18. The highest BCUT2D eigenvalue weighted by atomic mass is 32.2. The Morgan fingerprint density at radius 2 is 1.80 bits per heavy atom. The summed E-state index contributed by atoms with van der Waals surface area (Å²) < 4.78 is 0. The van der Waals surface area contributed by atoms with Gasteiger partial charge in [-0.25, -0.2) is 0 Å². The predicted molar refractivity (Wildman–Crippen MR) is 81.9 cm³/mol. The lowest BCUT2D eigenvalue weighted by atomic mass is 10.1. The van der Waals surface area contributed by atoms with Crippen molar-refractivity contribution < 1.29 is 9.90 Å². The van der Waals surface area contributed by atoms with E-state index < -0.39 is 12.0 Å². The standard InChI is InChI=1S/C16H17NO2S/c1-20-14-9-7-13(8-10-14)15(16(18)19)17-11-12-5-3-2-4-6-12/h2-10,15,17H,11H2,1H3,(H,18,19). The third-order valence-corrected chi connectivity index (χ3v) is 3.79. The Morgan fingerprint density at radius 1 is 1.15 bits per heavy atom. The second-order valence-corrected chi connectivity index (χ2v) is 5.29. The molecule has 0 fully saturated rings. The van der Waals surface area contributed by atoms with Crippen molar-refractivity contribution in [2.45, 2.75) is 17.5 Å². The lowest BCUT2D eigenvalue weighted by Gasteiger charge is -2.15. The molecule has 4 heteroatoms. The van der Waals surface area contributed by atoms with Crippen LogP contribution in [0.3, 0.4) is 0 Å². The van der Waals surface area contributed by atoms with E-state index in [1.165, 1.54) is 0 Å². The van der Waals surface area contributed by atoms with Crippen LogP contribution in [0.2, 0.25) is 0 Å². The minimum absolute atomic E-state index is 0.530. The molecule has 0 amide bonds. The molecule has 20 heavy (non-hydrogen) atoms. The van der Waals surface area contributed by atoms with Crippen LogP contribution in [0.25, 0.3) is 0 Å². The maximum atomic E-state index is 11.4. The Morgan fingerprint density at radius 3 is 2.35 bits per heavy atom. The molecule has 0 heterocycles. The summed E-state index contributed by atoms with van der Waals surface area (Å²) >= 11 is 1.64. The number of nitrogens with one attached hydrogen (secondary N) is 1. The number of hydrogen-bond donors (Lipinski definition) is 2. The van der Waals surface area contributed by atoms with E-state index in [1.54, 1.807) is 11.8 Å². The second-order valence-electron chi connectivity index (χ2n) is 4.41. The van der Waals surface area contributed by atoms with E-state index in [2.05, 4.69) is 5.32 Å². The van der Waals surface area contributed by atoms with Gasteiger partial charge in [-0.15, -0.1) is 11.8 Å². The normalized spacial score (nSPS) is 12.1. The van der Waals surface area contributed by atoms with Crippen molar-refractivity contribution in [1.82, 2.24) is 5.32 Å². The van der Waals surface area contributed by atoms with Crippen LogP contribution >= 0.6 is 11.8 Å². The number of thioether (sulfide) groups is 1. The molecule has 1 atom stereocenters. The summed E-state index contributed by atoms with van der Waals surface area (Å²) in [6.07, 6.45) is 2.00. The maximum Gasteiger partial charge on any atom is 0.325 e. The molecule has 1 unspecified atom stereocenters. The van der Waals surface area contributed by atoms with Gasteiger partial charge in [-0.1, -0.05) is 42.5 Å². The van der Waals surface area contributed by atoms with Crippen LogP contribution in [0.4, 0.5) is 0 Å². The van der Waals surface area contributed by atoms with Crippen molar-refractivity contribution in [2.75, 3.05) is 6.26 Å². The molecule has 0 bridgehead atoms. The number of carbonyl (C=O) groups is 1. The summed E-state index contributed by atoms with van der Waals surface area (Å²) in [6.45, 7) is 0.530. The fraction of sp³-hybridized carbons (Fsp3) is 0.188. The van der Waals surface area contributed by atoms with Gasteiger partial charge in [0.05, 0.1) is 0 Å². The van der Waals surface area contributed by atoms with Gasteiger partial charge in [0.25, 0.3) is 0 Å². The summed E-state index contributed by atoms with van der Waals surface area (Å²) in [4.78, 5) is 12.5. The average molecular weight is 287 g/mol. The Balaban J connectivity index is 2.08. The van der Waals surface area contributed by atoms with E-state index in [0.29, 0.717) is 6.54 Å². The van der Waals surface area contributed by atoms with Gasteiger partial charge in [-0.05, 0) is 29.5 Å². The van der Waals surface area contributed by atoms with Crippen LogP contribution in [0, 0.1) is 0 Å². The molecule has 0 aliphatic rings. The first-order valence-electron chi connectivity index (χ1n) is 6.35. The van der Waals surface area contributed by atoms with Crippen LogP contribution in [-0.2, 0) is 11.3 Å². The van der Waals surface area contributed by atoms with Gasteiger partial charge in [0, 0.05) is 11.4 Å². The largest absolute Gasteiger partial charge is 0.480 e. The third kappa shape index (κ3) is 3.85. The van der Waals surface area contributed by atoms with Gasteiger partial charge in [0.1, 0.15) is 6.04 Å². The van der Waals surface area contributed by atoms with Crippen LogP contribution in [0.15, 0.2) is 59.5 Å². The molecule has 0 radical (unpaired) electrons. The highest BCUT2D eigenvalue weighted by molar-refractivity contribution is 7.98. The maximum absolute atomic E-state index is 11.4. The Kier molecular flexibility index (Phi) is 5.21. The van der Waals surface area contributed by atoms with Gasteiger partial charge in [-0.2, -0.15) is 0 Å². The van der Waals surface area contributed by atoms with Gasteiger partial charge in [-0.3, -0.25) is 10.1 Å². The third-order valence-electron chi connectivity index (χ3n) is 3.05. The fourth-order valence-corrected chi connectivity index (χ4v) is 2.37. The summed E-state index contributed by atoms with van der Waals surface area (Å²) in [5, 5.41) is 12.4. The molecule has 2 rings (SSSR count). The number of carboxylic acids is 1. The van der Waals surface area contributed by atoms with Crippen molar-refractivity contribution >= 4 is 17.7 Å². The molecule has 2 N–H and O–H groups in total. The van der Waals surface area contributed by atoms with Gasteiger partial charge < -0.3 is 5.11 Å². The topological polar surface area (TPSA) is 49.3 Å². The van der Waals surface area contributed by atoms with E-state index >= 15 is 0 Å². The van der Waals surface area contributed by atoms with Crippen molar-refractivity contribution in [2.24, 2.45) is 0 Å². The zero-order valence-corrected chi connectivity index (χ0v) is 12.1. The fourth-order valence-electron chi connectivity index (χ4n) is 1.96. The monoisotopic (exact) mass is 287 g/mol. The zero-order valence-electron chi connectivity index (χ0n) is 11.2. The van der Waals surface area contributed by atoms with Gasteiger partial charge >= 0.3 is 5.97 Å². The smallest absolute Gasteiger partial charge is 0.325 e. The molecular weight excluding hydrogens is 270 g/mol. The Bertz CT molecular complexity index is 554. The first-order valence-corrected chi connectivity index (χ1v) is 7.57. The van der Waals surface area contributed by atoms with E-state index in [-0.39, 0.29) is 0 Å². The minimum Gasteiger partial charge on any atom is -0.480 e. The van der Waals surface area contributed by atoms with Crippen molar-refractivity contribution in [3.63, 3.8) is 0 Å². The summed E-state index contributed by atoms with van der Waals surface area (Å²) in [6, 6.07) is 16.7. The molecule has 3 nitrogen and oxygen atoms in total. The lowest BCUT2D eigenvalue weighted by Crippen LogP contribution is -2.28. The van der Waals surface area contributed by atoms with Crippen molar-refractivity contribution in [3.8, 4) is 0 Å². The van der Waals surface area contributed by atoms with Crippen LogP contribution < -0.4 is 5.32 Å². The SMILES string of the molecule is CSc1ccc(C(NCc2ccccc2)C(=O)O)cc1. The minimum atomic E-state index is -0.863. The predicted octanol–water partition coefficient (Wildman–Crippen LogP) is 3.32. The Hall–Kier alpha value is -1.78. The molecule has 0 aromatic heterocycles. The molecule has 2 aromatic carbocycles. The number of carboxylic acid groups (broad SMARTS) is 1. The molecular formula is C16H17NO2S. The van der Waals surface area contributed by atoms with E-state index in [4.69, 9.17) is 0 Å². The lowest BCUT2D eigenvalue weighted by molar-refractivity contribution is -0.139. The van der Waals surface area contributed by atoms with Crippen LogP contribution in [0.5, 0.6) is 0 Å². The molecule has 2 aromatic rings. The van der Waals surface area contributed by atoms with Crippen LogP contribution in [0.1, 0.15) is 17.2 Å². The number of hydrogen-bond acceptors (Lipinski definition) is 3. The second kappa shape index (κ2) is 7.12. The summed E-state index contributed by atoms with van der Waals surface area (Å²) in [5.74, 6) is -0.863. The summed E-state index contributed by atoms with van der Waals surface area (Å²) in [7, 11) is 0.